The van der Waals surface area contributed by atoms with Gasteiger partial charge in [-0.3, -0.25) is 9.69 Å². The fourth-order valence-corrected chi connectivity index (χ4v) is 4.71. The molecule has 0 aromatic heterocycles. The molecule has 4 rings (SSSR count). The summed E-state index contributed by atoms with van der Waals surface area (Å²) >= 11 is 7.58. The molecular weight excluding hydrogens is 438 g/mol. The molecule has 0 radical (unpaired) electrons. The van der Waals surface area contributed by atoms with Gasteiger partial charge in [-0.1, -0.05) is 48.0 Å². The number of hydrogen-bond acceptors (Lipinski definition) is 4. The van der Waals surface area contributed by atoms with Crippen molar-refractivity contribution in [3.05, 3.63) is 94.5 Å². The van der Waals surface area contributed by atoms with Crippen LogP contribution in [0.1, 0.15) is 21.5 Å². The van der Waals surface area contributed by atoms with Gasteiger partial charge in [-0.15, -0.1) is 11.8 Å². The smallest absolute Gasteiger partial charge is 0.252 e. The number of rotatable bonds is 7. The molecular formula is C26H28ClN3OS. The normalized spacial score (nSPS) is 14.4. The van der Waals surface area contributed by atoms with Crippen molar-refractivity contribution in [2.75, 3.05) is 37.3 Å². The van der Waals surface area contributed by atoms with Crippen LogP contribution >= 0.6 is 23.4 Å². The van der Waals surface area contributed by atoms with Crippen molar-refractivity contribution < 1.29 is 4.79 Å². The Bertz CT molecular complexity index is 1050. The molecule has 0 spiro atoms. The Morgan fingerprint density at radius 3 is 2.44 bits per heavy atom. The first kappa shape index (κ1) is 22.7. The first-order valence-corrected chi connectivity index (χ1v) is 12.4. The monoisotopic (exact) mass is 465 g/mol. The van der Waals surface area contributed by atoms with Gasteiger partial charge in [-0.05, 0) is 53.8 Å². The van der Waals surface area contributed by atoms with E-state index in [-0.39, 0.29) is 5.91 Å². The van der Waals surface area contributed by atoms with Crippen molar-refractivity contribution in [1.82, 2.24) is 10.2 Å². The molecule has 1 fully saturated rings. The van der Waals surface area contributed by atoms with Crippen LogP contribution in [0.2, 0.25) is 5.02 Å². The summed E-state index contributed by atoms with van der Waals surface area (Å²) in [5, 5.41) is 3.85. The number of carbonyl (C=O) groups is 1. The summed E-state index contributed by atoms with van der Waals surface area (Å²) in [6.45, 7) is 5.50. The molecule has 1 aliphatic heterocycles. The van der Waals surface area contributed by atoms with Gasteiger partial charge in [0.05, 0.1) is 5.56 Å². The minimum atomic E-state index is -0.0313. The number of nitrogens with one attached hydrogen (secondary N) is 1. The topological polar surface area (TPSA) is 35.6 Å². The minimum Gasteiger partial charge on any atom is -0.369 e. The van der Waals surface area contributed by atoms with Crippen LogP contribution in [-0.2, 0) is 13.1 Å². The first-order valence-electron chi connectivity index (χ1n) is 10.8. The number of benzene rings is 3. The maximum Gasteiger partial charge on any atom is 0.252 e. The van der Waals surface area contributed by atoms with Gasteiger partial charge in [-0.2, -0.15) is 0 Å². The van der Waals surface area contributed by atoms with E-state index in [1.165, 1.54) is 11.3 Å². The zero-order valence-corrected chi connectivity index (χ0v) is 19.8. The first-order chi connectivity index (χ1) is 15.6. The molecule has 3 aromatic rings. The van der Waals surface area contributed by atoms with E-state index < -0.39 is 0 Å². The zero-order chi connectivity index (χ0) is 22.3. The molecule has 1 saturated heterocycles. The number of anilines is 1. The second kappa shape index (κ2) is 10.9. The molecule has 0 atom stereocenters. The van der Waals surface area contributed by atoms with Gasteiger partial charge < -0.3 is 10.2 Å². The lowest BCUT2D eigenvalue weighted by atomic mass is 10.1. The number of hydrogen-bond donors (Lipinski definition) is 1. The summed E-state index contributed by atoms with van der Waals surface area (Å²) in [6.07, 6.45) is 1.99. The summed E-state index contributed by atoms with van der Waals surface area (Å²) in [6, 6.07) is 24.3. The fraction of sp³-hybridized carbons (Fsp3) is 0.269. The number of carbonyl (C=O) groups excluding carboxylic acids is 1. The second-order valence-corrected chi connectivity index (χ2v) is 9.23. The maximum absolute atomic E-state index is 12.6. The van der Waals surface area contributed by atoms with Crippen LogP contribution in [0, 0.1) is 0 Å². The number of thioether (sulfide) groups is 1. The van der Waals surface area contributed by atoms with Gasteiger partial charge in [0, 0.05) is 54.9 Å². The molecule has 1 heterocycles. The highest BCUT2D eigenvalue weighted by molar-refractivity contribution is 7.98. The van der Waals surface area contributed by atoms with Crippen LogP contribution in [0.15, 0.2) is 77.7 Å². The van der Waals surface area contributed by atoms with Crippen molar-refractivity contribution in [3.8, 4) is 0 Å². The highest BCUT2D eigenvalue weighted by atomic mass is 35.5. The molecule has 1 amide bonds. The summed E-state index contributed by atoms with van der Waals surface area (Å²) in [4.78, 5) is 18.5. The molecule has 0 aliphatic carbocycles. The summed E-state index contributed by atoms with van der Waals surface area (Å²) < 4.78 is 0. The molecule has 0 unspecified atom stereocenters. The SMILES string of the molecule is CSc1ccccc1C(=O)NCc1cccc(N2CCN(Cc3ccc(Cl)cc3)CC2)c1. The van der Waals surface area contributed by atoms with Crippen LogP contribution in [-0.4, -0.2) is 43.2 Å². The van der Waals surface area contributed by atoms with Crippen LogP contribution in [0.4, 0.5) is 5.69 Å². The third-order valence-electron chi connectivity index (χ3n) is 5.77. The third-order valence-corrected chi connectivity index (χ3v) is 6.82. The standard InChI is InChI=1S/C26H28ClN3OS/c1-32-25-8-3-2-7-24(25)26(31)28-18-21-5-4-6-23(17-21)30-15-13-29(14-16-30)19-20-9-11-22(27)12-10-20/h2-12,17H,13-16,18-19H2,1H3,(H,28,31). The van der Waals surface area contributed by atoms with Gasteiger partial charge in [0.2, 0.25) is 0 Å². The molecule has 166 valence electrons. The Kier molecular flexibility index (Phi) is 7.74. The van der Waals surface area contributed by atoms with Gasteiger partial charge in [0.1, 0.15) is 0 Å². The van der Waals surface area contributed by atoms with Crippen LogP contribution < -0.4 is 10.2 Å². The van der Waals surface area contributed by atoms with Gasteiger partial charge in [-0.25, -0.2) is 0 Å². The van der Waals surface area contributed by atoms with E-state index in [0.717, 1.165) is 53.8 Å². The maximum atomic E-state index is 12.6. The largest absolute Gasteiger partial charge is 0.369 e. The molecule has 3 aromatic carbocycles. The van der Waals surface area contributed by atoms with Crippen LogP contribution in [0.3, 0.4) is 0 Å². The average Bonchev–Trinajstić information content (AvgIpc) is 2.84. The average molecular weight is 466 g/mol. The Labute approximate surface area is 199 Å². The Morgan fingerprint density at radius 1 is 0.938 bits per heavy atom. The van der Waals surface area contributed by atoms with E-state index >= 15 is 0 Å². The highest BCUT2D eigenvalue weighted by Gasteiger charge is 2.18. The lowest BCUT2D eigenvalue weighted by Crippen LogP contribution is -2.46. The van der Waals surface area contributed by atoms with Crippen molar-refractivity contribution in [1.29, 1.82) is 0 Å². The van der Waals surface area contributed by atoms with Gasteiger partial charge >= 0.3 is 0 Å². The third kappa shape index (κ3) is 5.85. The van der Waals surface area contributed by atoms with E-state index in [0.29, 0.717) is 6.54 Å². The lowest BCUT2D eigenvalue weighted by molar-refractivity contribution is 0.0948. The summed E-state index contributed by atoms with van der Waals surface area (Å²) in [5.41, 5.74) is 4.35. The van der Waals surface area contributed by atoms with Gasteiger partial charge in [0.25, 0.3) is 5.91 Å². The quantitative estimate of drug-likeness (QED) is 0.479. The van der Waals surface area contributed by atoms with Crippen molar-refractivity contribution >= 4 is 35.0 Å². The van der Waals surface area contributed by atoms with Gasteiger partial charge in [0.15, 0.2) is 0 Å². The molecule has 6 heteroatoms. The molecule has 1 aliphatic rings. The molecule has 4 nitrogen and oxygen atoms in total. The molecule has 32 heavy (non-hydrogen) atoms. The predicted octanol–water partition coefficient (Wildman–Crippen LogP) is 5.31. The zero-order valence-electron chi connectivity index (χ0n) is 18.3. The van der Waals surface area contributed by atoms with E-state index in [4.69, 9.17) is 11.6 Å². The highest BCUT2D eigenvalue weighted by Crippen LogP contribution is 2.21. The number of halogens is 1. The van der Waals surface area contributed by atoms with E-state index in [1.807, 2.05) is 42.7 Å². The molecule has 1 N–H and O–H groups in total. The number of nitrogens with zero attached hydrogens (tertiary/aromatic N) is 2. The van der Waals surface area contributed by atoms with E-state index in [2.05, 4.69) is 51.5 Å². The van der Waals surface area contributed by atoms with Crippen molar-refractivity contribution in [3.63, 3.8) is 0 Å². The van der Waals surface area contributed by atoms with Crippen LogP contribution in [0.5, 0.6) is 0 Å². The van der Waals surface area contributed by atoms with Crippen molar-refractivity contribution in [2.24, 2.45) is 0 Å². The fourth-order valence-electron chi connectivity index (χ4n) is 3.99. The van der Waals surface area contributed by atoms with E-state index in [9.17, 15) is 4.79 Å². The Balaban J connectivity index is 1.31. The Hall–Kier alpha value is -2.47. The predicted molar refractivity (Wildman–Crippen MR) is 135 cm³/mol. The van der Waals surface area contributed by atoms with Crippen LogP contribution in [0.25, 0.3) is 0 Å². The summed E-state index contributed by atoms with van der Waals surface area (Å²) in [5.74, 6) is -0.0313. The summed E-state index contributed by atoms with van der Waals surface area (Å²) in [7, 11) is 0. The molecule has 0 saturated carbocycles. The second-order valence-electron chi connectivity index (χ2n) is 7.94. The molecule has 0 bridgehead atoms. The van der Waals surface area contributed by atoms with E-state index in [1.54, 1.807) is 11.8 Å². The lowest BCUT2D eigenvalue weighted by Gasteiger charge is -2.36. The van der Waals surface area contributed by atoms with Crippen molar-refractivity contribution in [2.45, 2.75) is 18.0 Å². The minimum absolute atomic E-state index is 0.0313. The number of amides is 1. The Morgan fingerprint density at radius 2 is 1.69 bits per heavy atom. The number of piperazine rings is 1.